The lowest BCUT2D eigenvalue weighted by molar-refractivity contribution is -0.137. The molecule has 1 aliphatic heterocycles. The van der Waals surface area contributed by atoms with Gasteiger partial charge in [-0.15, -0.1) is 0 Å². The highest BCUT2D eigenvalue weighted by Gasteiger charge is 2.36. The van der Waals surface area contributed by atoms with E-state index in [-0.39, 0.29) is 11.2 Å². The quantitative estimate of drug-likeness (QED) is 0.852. The lowest BCUT2D eigenvalue weighted by atomic mass is 9.90. The average Bonchev–Trinajstić information content (AvgIpc) is 2.27. The molecular weight excluding hydrogens is 321 g/mol. The molecule has 2 nitrogen and oxygen atoms in total. The molecule has 0 saturated carbocycles. The molecule has 1 aromatic carbocycles. The molecule has 106 valence electrons. The normalized spacial score (nSPS) is 19.2. The first-order chi connectivity index (χ1) is 8.80. The number of piperidine rings is 1. The third-order valence-corrected chi connectivity index (χ3v) is 3.92. The van der Waals surface area contributed by atoms with Gasteiger partial charge in [-0.2, -0.15) is 13.2 Å². The first-order valence-electron chi connectivity index (χ1n) is 6.16. The van der Waals surface area contributed by atoms with Gasteiger partial charge >= 0.3 is 6.18 Å². The first kappa shape index (κ1) is 14.7. The van der Waals surface area contributed by atoms with Crippen LogP contribution in [0.5, 0.6) is 0 Å². The van der Waals surface area contributed by atoms with Crippen molar-refractivity contribution in [2.24, 2.45) is 0 Å². The zero-order valence-corrected chi connectivity index (χ0v) is 12.2. The zero-order chi connectivity index (χ0) is 14.1. The summed E-state index contributed by atoms with van der Waals surface area (Å²) >= 11 is 3.23. The van der Waals surface area contributed by atoms with E-state index in [4.69, 9.17) is 0 Å². The molecule has 0 radical (unpaired) electrons. The van der Waals surface area contributed by atoms with Crippen LogP contribution in [0.1, 0.15) is 25.3 Å². The molecule has 1 aliphatic rings. The maximum Gasteiger partial charge on any atom is 0.418 e. The van der Waals surface area contributed by atoms with Crippen LogP contribution in [0.15, 0.2) is 22.7 Å². The predicted molar refractivity (Wildman–Crippen MR) is 73.3 cm³/mol. The van der Waals surface area contributed by atoms with Gasteiger partial charge in [-0.3, -0.25) is 0 Å². The zero-order valence-electron chi connectivity index (χ0n) is 10.6. The second-order valence-corrected chi connectivity index (χ2v) is 6.04. The third kappa shape index (κ3) is 3.63. The van der Waals surface area contributed by atoms with E-state index in [1.165, 1.54) is 12.1 Å². The van der Waals surface area contributed by atoms with Gasteiger partial charge < -0.3 is 10.6 Å². The predicted octanol–water partition coefficient (Wildman–Crippen LogP) is 4.02. The first-order valence-corrected chi connectivity index (χ1v) is 6.95. The summed E-state index contributed by atoms with van der Waals surface area (Å²) in [6, 6.07) is 4.02. The number of anilines is 1. The van der Waals surface area contributed by atoms with Crippen LogP contribution in [-0.2, 0) is 6.18 Å². The van der Waals surface area contributed by atoms with Crippen molar-refractivity contribution in [3.63, 3.8) is 0 Å². The van der Waals surface area contributed by atoms with E-state index in [1.807, 2.05) is 6.92 Å². The largest absolute Gasteiger partial charge is 0.418 e. The van der Waals surface area contributed by atoms with Crippen LogP contribution >= 0.6 is 15.9 Å². The maximum atomic E-state index is 13.0. The molecule has 1 aromatic rings. The van der Waals surface area contributed by atoms with Gasteiger partial charge in [0.15, 0.2) is 0 Å². The van der Waals surface area contributed by atoms with Crippen LogP contribution in [0.3, 0.4) is 0 Å². The molecule has 0 spiro atoms. The Morgan fingerprint density at radius 2 is 1.89 bits per heavy atom. The van der Waals surface area contributed by atoms with E-state index < -0.39 is 11.7 Å². The van der Waals surface area contributed by atoms with Crippen molar-refractivity contribution < 1.29 is 13.2 Å². The summed E-state index contributed by atoms with van der Waals surface area (Å²) in [5, 5.41) is 6.29. The standard InChI is InChI=1S/C13H16BrF3N2/c1-12(4-6-18-7-5-12)19-11-8-9(14)2-3-10(11)13(15,16)17/h2-3,8,18-19H,4-7H2,1H3. The Hall–Kier alpha value is -0.750. The number of hydrogen-bond donors (Lipinski definition) is 2. The van der Waals surface area contributed by atoms with Crippen LogP contribution in [0.2, 0.25) is 0 Å². The molecule has 0 aliphatic carbocycles. The van der Waals surface area contributed by atoms with Gasteiger partial charge in [0, 0.05) is 15.7 Å². The third-order valence-electron chi connectivity index (χ3n) is 3.43. The van der Waals surface area contributed by atoms with Crippen LogP contribution in [0.25, 0.3) is 0 Å². The van der Waals surface area contributed by atoms with Crippen LogP contribution < -0.4 is 10.6 Å². The minimum absolute atomic E-state index is 0.145. The number of hydrogen-bond acceptors (Lipinski definition) is 2. The highest BCUT2D eigenvalue weighted by molar-refractivity contribution is 9.10. The minimum Gasteiger partial charge on any atom is -0.379 e. The van der Waals surface area contributed by atoms with Crippen molar-refractivity contribution in [1.29, 1.82) is 0 Å². The Balaban J connectivity index is 2.30. The summed E-state index contributed by atoms with van der Waals surface area (Å²) < 4.78 is 39.6. The summed E-state index contributed by atoms with van der Waals surface area (Å²) in [6.07, 6.45) is -2.74. The molecule has 0 unspecified atom stereocenters. The van der Waals surface area contributed by atoms with Crippen LogP contribution in [0.4, 0.5) is 18.9 Å². The fraction of sp³-hybridized carbons (Fsp3) is 0.538. The SMILES string of the molecule is CC1(Nc2cc(Br)ccc2C(F)(F)F)CCNCC1. The molecule has 0 aromatic heterocycles. The number of nitrogens with one attached hydrogen (secondary N) is 2. The van der Waals surface area contributed by atoms with Crippen molar-refractivity contribution in [1.82, 2.24) is 5.32 Å². The Kier molecular flexibility index (Phi) is 4.11. The van der Waals surface area contributed by atoms with Crippen molar-refractivity contribution in [3.05, 3.63) is 28.2 Å². The summed E-state index contributed by atoms with van der Waals surface area (Å²) in [6.45, 7) is 3.60. The van der Waals surface area contributed by atoms with E-state index in [2.05, 4.69) is 26.6 Å². The summed E-state index contributed by atoms with van der Waals surface area (Å²) in [7, 11) is 0. The van der Waals surface area contributed by atoms with E-state index in [0.29, 0.717) is 4.47 Å². The van der Waals surface area contributed by atoms with Gasteiger partial charge in [-0.1, -0.05) is 15.9 Å². The molecule has 1 fully saturated rings. The van der Waals surface area contributed by atoms with Crippen molar-refractivity contribution in [3.8, 4) is 0 Å². The highest BCUT2D eigenvalue weighted by atomic mass is 79.9. The Morgan fingerprint density at radius 3 is 2.47 bits per heavy atom. The van der Waals surface area contributed by atoms with Gasteiger partial charge in [0.25, 0.3) is 0 Å². The summed E-state index contributed by atoms with van der Waals surface area (Å²) in [5.74, 6) is 0. The van der Waals surface area contributed by atoms with E-state index in [0.717, 1.165) is 32.0 Å². The highest BCUT2D eigenvalue weighted by Crippen LogP contribution is 2.38. The number of benzene rings is 1. The molecule has 0 atom stereocenters. The fourth-order valence-electron chi connectivity index (χ4n) is 2.30. The monoisotopic (exact) mass is 336 g/mol. The van der Waals surface area contributed by atoms with Gasteiger partial charge in [0.05, 0.1) is 5.56 Å². The van der Waals surface area contributed by atoms with Gasteiger partial charge in [-0.25, -0.2) is 0 Å². The second kappa shape index (κ2) is 5.32. The number of rotatable bonds is 2. The maximum absolute atomic E-state index is 13.0. The van der Waals surface area contributed by atoms with Crippen LogP contribution in [-0.4, -0.2) is 18.6 Å². The van der Waals surface area contributed by atoms with Gasteiger partial charge in [0.2, 0.25) is 0 Å². The average molecular weight is 337 g/mol. The van der Waals surface area contributed by atoms with E-state index >= 15 is 0 Å². The minimum atomic E-state index is -4.34. The van der Waals surface area contributed by atoms with E-state index in [1.54, 1.807) is 0 Å². The Bertz CT molecular complexity index is 454. The van der Waals surface area contributed by atoms with Gasteiger partial charge in [-0.05, 0) is 51.1 Å². The second-order valence-electron chi connectivity index (χ2n) is 5.12. The topological polar surface area (TPSA) is 24.1 Å². The summed E-state index contributed by atoms with van der Waals surface area (Å²) in [5.41, 5.74) is -0.770. The molecule has 19 heavy (non-hydrogen) atoms. The lowest BCUT2D eigenvalue weighted by Gasteiger charge is -2.36. The fourth-order valence-corrected chi connectivity index (χ4v) is 2.66. The van der Waals surface area contributed by atoms with Crippen molar-refractivity contribution in [2.75, 3.05) is 18.4 Å². The molecule has 6 heteroatoms. The number of alkyl halides is 3. The Morgan fingerprint density at radius 1 is 1.26 bits per heavy atom. The Labute approximate surface area is 118 Å². The molecular formula is C13H16BrF3N2. The van der Waals surface area contributed by atoms with Crippen molar-refractivity contribution >= 4 is 21.6 Å². The van der Waals surface area contributed by atoms with Crippen LogP contribution in [0, 0.1) is 0 Å². The molecule has 1 heterocycles. The number of halogens is 4. The lowest BCUT2D eigenvalue weighted by Crippen LogP contribution is -2.45. The van der Waals surface area contributed by atoms with E-state index in [9.17, 15) is 13.2 Å². The molecule has 2 N–H and O–H groups in total. The molecule has 1 saturated heterocycles. The van der Waals surface area contributed by atoms with Gasteiger partial charge in [0.1, 0.15) is 0 Å². The molecule has 0 amide bonds. The summed E-state index contributed by atoms with van der Waals surface area (Å²) in [4.78, 5) is 0. The molecule has 2 rings (SSSR count). The smallest absolute Gasteiger partial charge is 0.379 e. The van der Waals surface area contributed by atoms with Crippen molar-refractivity contribution in [2.45, 2.75) is 31.5 Å². The molecule has 0 bridgehead atoms.